The van der Waals surface area contributed by atoms with Crippen LogP contribution in [0.1, 0.15) is 29.4 Å². The van der Waals surface area contributed by atoms with Gasteiger partial charge in [0.2, 0.25) is 0 Å². The van der Waals surface area contributed by atoms with Crippen LogP contribution in [0.4, 0.5) is 13.2 Å². The molecule has 1 aromatic rings. The van der Waals surface area contributed by atoms with E-state index in [9.17, 15) is 23.1 Å². The molecule has 0 saturated carbocycles. The minimum atomic E-state index is -4.47. The second-order valence-electron chi connectivity index (χ2n) is 3.70. The predicted octanol–water partition coefficient (Wildman–Crippen LogP) is 1.60. The fourth-order valence-electron chi connectivity index (χ4n) is 1.14. The van der Waals surface area contributed by atoms with E-state index in [1.807, 2.05) is 0 Å². The lowest BCUT2D eigenvalue weighted by molar-refractivity contribution is -0.137. The third-order valence-corrected chi connectivity index (χ3v) is 2.29. The van der Waals surface area contributed by atoms with E-state index in [0.29, 0.717) is 12.6 Å². The molecular formula is C11H13F3N2O2. The molecule has 1 atom stereocenters. The number of amides is 1. The van der Waals surface area contributed by atoms with E-state index >= 15 is 0 Å². The van der Waals surface area contributed by atoms with Crippen molar-refractivity contribution in [2.75, 3.05) is 6.54 Å². The Morgan fingerprint density at radius 3 is 2.61 bits per heavy atom. The van der Waals surface area contributed by atoms with Gasteiger partial charge in [0, 0.05) is 12.7 Å². The van der Waals surface area contributed by atoms with E-state index in [1.54, 1.807) is 6.92 Å². The number of rotatable bonds is 4. The van der Waals surface area contributed by atoms with Crippen molar-refractivity contribution in [2.45, 2.75) is 25.6 Å². The molecule has 100 valence electrons. The van der Waals surface area contributed by atoms with Gasteiger partial charge in [-0.3, -0.25) is 9.78 Å². The monoisotopic (exact) mass is 262 g/mol. The Hall–Kier alpha value is -1.63. The van der Waals surface area contributed by atoms with Gasteiger partial charge in [-0.25, -0.2) is 0 Å². The SMILES string of the molecule is CCC(O)CNC(=O)c1ccc(C(F)(F)F)cn1. The van der Waals surface area contributed by atoms with Crippen molar-refractivity contribution >= 4 is 5.91 Å². The van der Waals surface area contributed by atoms with Gasteiger partial charge in [0.05, 0.1) is 11.7 Å². The molecule has 0 fully saturated rings. The van der Waals surface area contributed by atoms with E-state index in [1.165, 1.54) is 0 Å². The minimum Gasteiger partial charge on any atom is -0.391 e. The smallest absolute Gasteiger partial charge is 0.391 e. The summed E-state index contributed by atoms with van der Waals surface area (Å²) >= 11 is 0. The van der Waals surface area contributed by atoms with E-state index in [4.69, 9.17) is 0 Å². The number of aromatic nitrogens is 1. The highest BCUT2D eigenvalue weighted by Crippen LogP contribution is 2.28. The first-order chi connectivity index (χ1) is 8.34. The second-order valence-corrected chi connectivity index (χ2v) is 3.70. The molecule has 1 amide bonds. The van der Waals surface area contributed by atoms with Gasteiger partial charge in [-0.1, -0.05) is 6.92 Å². The van der Waals surface area contributed by atoms with Gasteiger partial charge in [-0.05, 0) is 18.6 Å². The topological polar surface area (TPSA) is 62.2 Å². The zero-order valence-electron chi connectivity index (χ0n) is 9.66. The first-order valence-corrected chi connectivity index (χ1v) is 5.34. The Morgan fingerprint density at radius 2 is 2.17 bits per heavy atom. The van der Waals surface area contributed by atoms with Crippen LogP contribution in [0, 0.1) is 0 Å². The molecule has 0 spiro atoms. The quantitative estimate of drug-likeness (QED) is 0.866. The zero-order valence-corrected chi connectivity index (χ0v) is 9.66. The van der Waals surface area contributed by atoms with Crippen LogP contribution >= 0.6 is 0 Å². The molecule has 0 saturated heterocycles. The molecule has 1 heterocycles. The Balaban J connectivity index is 2.65. The van der Waals surface area contributed by atoms with E-state index in [0.717, 1.165) is 12.1 Å². The van der Waals surface area contributed by atoms with Crippen molar-refractivity contribution in [3.63, 3.8) is 0 Å². The van der Waals surface area contributed by atoms with Crippen LogP contribution in [-0.4, -0.2) is 28.6 Å². The molecule has 18 heavy (non-hydrogen) atoms. The molecule has 0 aromatic carbocycles. The molecule has 0 aliphatic rings. The number of hydrogen-bond acceptors (Lipinski definition) is 3. The van der Waals surface area contributed by atoms with Crippen molar-refractivity contribution in [1.82, 2.24) is 10.3 Å². The highest BCUT2D eigenvalue weighted by atomic mass is 19.4. The first-order valence-electron chi connectivity index (χ1n) is 5.34. The number of pyridine rings is 1. The van der Waals surface area contributed by atoms with Gasteiger partial charge in [-0.2, -0.15) is 13.2 Å². The molecule has 0 aliphatic heterocycles. The van der Waals surface area contributed by atoms with E-state index in [2.05, 4.69) is 10.3 Å². The van der Waals surface area contributed by atoms with E-state index < -0.39 is 23.8 Å². The van der Waals surface area contributed by atoms with Gasteiger partial charge < -0.3 is 10.4 Å². The number of nitrogens with zero attached hydrogens (tertiary/aromatic N) is 1. The lowest BCUT2D eigenvalue weighted by Crippen LogP contribution is -2.32. The maximum Gasteiger partial charge on any atom is 0.417 e. The Kier molecular flexibility index (Phi) is 4.66. The molecule has 0 radical (unpaired) electrons. The third kappa shape index (κ3) is 3.99. The summed E-state index contributed by atoms with van der Waals surface area (Å²) in [6.07, 6.45) is -4.07. The maximum atomic E-state index is 12.2. The van der Waals surface area contributed by atoms with E-state index in [-0.39, 0.29) is 12.2 Å². The second kappa shape index (κ2) is 5.81. The molecular weight excluding hydrogens is 249 g/mol. The van der Waals surface area contributed by atoms with Gasteiger partial charge in [-0.15, -0.1) is 0 Å². The molecule has 2 N–H and O–H groups in total. The molecule has 4 nitrogen and oxygen atoms in total. The maximum absolute atomic E-state index is 12.2. The summed E-state index contributed by atoms with van der Waals surface area (Å²) < 4.78 is 36.7. The average molecular weight is 262 g/mol. The number of carbonyl (C=O) groups is 1. The number of carbonyl (C=O) groups excluding carboxylic acids is 1. The summed E-state index contributed by atoms with van der Waals surface area (Å²) in [6, 6.07) is 1.79. The Bertz CT molecular complexity index is 404. The van der Waals surface area contributed by atoms with Gasteiger partial charge >= 0.3 is 6.18 Å². The number of nitrogens with one attached hydrogen (secondary N) is 1. The number of aliphatic hydroxyl groups is 1. The first kappa shape index (κ1) is 14.4. The summed E-state index contributed by atoms with van der Waals surface area (Å²) in [4.78, 5) is 14.9. The van der Waals surface area contributed by atoms with Crippen LogP contribution in [0.3, 0.4) is 0 Å². The fourth-order valence-corrected chi connectivity index (χ4v) is 1.14. The number of halogens is 3. The predicted molar refractivity (Wildman–Crippen MR) is 57.9 cm³/mol. The summed E-state index contributed by atoms with van der Waals surface area (Å²) in [6.45, 7) is 1.78. The van der Waals surface area contributed by atoms with Gasteiger partial charge in [0.1, 0.15) is 5.69 Å². The summed E-state index contributed by atoms with van der Waals surface area (Å²) in [7, 11) is 0. The van der Waals surface area contributed by atoms with Crippen LogP contribution in [0.5, 0.6) is 0 Å². The molecule has 1 unspecified atom stereocenters. The van der Waals surface area contributed by atoms with Crippen molar-refractivity contribution in [2.24, 2.45) is 0 Å². The number of alkyl halides is 3. The summed E-state index contributed by atoms with van der Waals surface area (Å²) in [5, 5.41) is 11.6. The van der Waals surface area contributed by atoms with Gasteiger partial charge in [0.25, 0.3) is 5.91 Å². The molecule has 1 aromatic heterocycles. The highest BCUT2D eigenvalue weighted by molar-refractivity contribution is 5.92. The summed E-state index contributed by atoms with van der Waals surface area (Å²) in [5.74, 6) is -0.615. The van der Waals surface area contributed by atoms with Crippen LogP contribution in [-0.2, 0) is 6.18 Å². The number of hydrogen-bond donors (Lipinski definition) is 2. The summed E-state index contributed by atoms with van der Waals surface area (Å²) in [5.41, 5.74) is -1.03. The van der Waals surface area contributed by atoms with Crippen molar-refractivity contribution in [1.29, 1.82) is 0 Å². The van der Waals surface area contributed by atoms with Crippen LogP contribution < -0.4 is 5.32 Å². The normalized spacial score (nSPS) is 13.2. The lowest BCUT2D eigenvalue weighted by Gasteiger charge is -2.10. The number of aliphatic hydroxyl groups excluding tert-OH is 1. The Morgan fingerprint density at radius 1 is 1.50 bits per heavy atom. The van der Waals surface area contributed by atoms with Crippen LogP contribution in [0.2, 0.25) is 0 Å². The Labute approximate surface area is 102 Å². The molecule has 0 aliphatic carbocycles. The fraction of sp³-hybridized carbons (Fsp3) is 0.455. The largest absolute Gasteiger partial charge is 0.417 e. The molecule has 1 rings (SSSR count). The van der Waals surface area contributed by atoms with Crippen molar-refractivity contribution < 1.29 is 23.1 Å². The standard InChI is InChI=1S/C11H13F3N2O2/c1-2-8(17)6-16-10(18)9-4-3-7(5-15-9)11(12,13)14/h3-5,8,17H,2,6H2,1H3,(H,16,18). The van der Waals surface area contributed by atoms with Crippen molar-refractivity contribution in [3.05, 3.63) is 29.6 Å². The van der Waals surface area contributed by atoms with Crippen molar-refractivity contribution in [3.8, 4) is 0 Å². The molecule has 7 heteroatoms. The average Bonchev–Trinajstić information content (AvgIpc) is 2.34. The third-order valence-electron chi connectivity index (χ3n) is 2.29. The molecule has 0 bridgehead atoms. The zero-order chi connectivity index (χ0) is 13.8. The lowest BCUT2D eigenvalue weighted by atomic mass is 10.2. The minimum absolute atomic E-state index is 0.0397. The van der Waals surface area contributed by atoms with Crippen LogP contribution in [0.15, 0.2) is 18.3 Å². The highest BCUT2D eigenvalue weighted by Gasteiger charge is 2.30. The van der Waals surface area contributed by atoms with Crippen LogP contribution in [0.25, 0.3) is 0 Å². The van der Waals surface area contributed by atoms with Gasteiger partial charge in [0.15, 0.2) is 0 Å².